The molecule has 0 aliphatic rings. The van der Waals surface area contributed by atoms with Gasteiger partial charge in [-0.05, 0) is 12.5 Å². The standard InChI is InChI=1S/C11H12N2O6/c14-9(15)4-3-8(11(17)18)12-10(16)7-2-1-5-13(19)6-7/h1-2,5-6,8H,3-4H2,(H,12,16)(H,14,15)(H,17,18)/t8-/m0/s1. The Bertz CT molecular complexity index is 502. The number of nitrogens with zero attached hydrogens (tertiary/aromatic N) is 1. The number of carbonyl (C=O) groups is 3. The highest BCUT2D eigenvalue weighted by Gasteiger charge is 2.22. The van der Waals surface area contributed by atoms with Crippen LogP contribution in [0, 0.1) is 5.21 Å². The van der Waals surface area contributed by atoms with Gasteiger partial charge in [-0.2, -0.15) is 4.73 Å². The minimum Gasteiger partial charge on any atom is -0.619 e. The highest BCUT2D eigenvalue weighted by molar-refractivity contribution is 5.96. The van der Waals surface area contributed by atoms with Crippen LogP contribution in [0.4, 0.5) is 0 Å². The van der Waals surface area contributed by atoms with E-state index in [0.29, 0.717) is 4.73 Å². The Morgan fingerprint density at radius 3 is 2.58 bits per heavy atom. The van der Waals surface area contributed by atoms with Crippen molar-refractivity contribution in [3.63, 3.8) is 0 Å². The van der Waals surface area contributed by atoms with Crippen molar-refractivity contribution in [1.29, 1.82) is 0 Å². The van der Waals surface area contributed by atoms with E-state index in [0.717, 1.165) is 6.20 Å². The average Bonchev–Trinajstić information content (AvgIpc) is 2.33. The van der Waals surface area contributed by atoms with Crippen molar-refractivity contribution in [3.05, 3.63) is 35.3 Å². The van der Waals surface area contributed by atoms with Crippen LogP contribution in [-0.2, 0) is 9.59 Å². The van der Waals surface area contributed by atoms with Gasteiger partial charge in [0.15, 0.2) is 12.4 Å². The molecule has 8 heteroatoms. The third-order valence-corrected chi connectivity index (χ3v) is 2.29. The van der Waals surface area contributed by atoms with Crippen molar-refractivity contribution in [2.24, 2.45) is 0 Å². The third kappa shape index (κ3) is 4.62. The number of hydrogen-bond acceptors (Lipinski definition) is 4. The molecule has 3 N–H and O–H groups in total. The Morgan fingerprint density at radius 1 is 1.37 bits per heavy atom. The molecule has 102 valence electrons. The third-order valence-electron chi connectivity index (χ3n) is 2.29. The second kappa shape index (κ2) is 6.34. The molecule has 1 aromatic heterocycles. The van der Waals surface area contributed by atoms with E-state index in [9.17, 15) is 19.6 Å². The number of nitrogens with one attached hydrogen (secondary N) is 1. The van der Waals surface area contributed by atoms with Crippen molar-refractivity contribution < 1.29 is 29.3 Å². The van der Waals surface area contributed by atoms with Gasteiger partial charge in [-0.1, -0.05) is 0 Å². The predicted octanol–water partition coefficient (Wildman–Crippen LogP) is -0.632. The molecule has 0 bridgehead atoms. The van der Waals surface area contributed by atoms with E-state index in [4.69, 9.17) is 10.2 Å². The number of carboxylic acid groups (broad SMARTS) is 2. The van der Waals surface area contributed by atoms with E-state index < -0.39 is 23.9 Å². The van der Waals surface area contributed by atoms with Crippen molar-refractivity contribution in [2.75, 3.05) is 0 Å². The molecule has 0 spiro atoms. The van der Waals surface area contributed by atoms with Crippen LogP contribution >= 0.6 is 0 Å². The van der Waals surface area contributed by atoms with Gasteiger partial charge < -0.3 is 20.7 Å². The highest BCUT2D eigenvalue weighted by Crippen LogP contribution is 2.01. The van der Waals surface area contributed by atoms with Gasteiger partial charge in [0, 0.05) is 12.5 Å². The molecule has 0 radical (unpaired) electrons. The lowest BCUT2D eigenvalue weighted by atomic mass is 10.1. The van der Waals surface area contributed by atoms with Crippen LogP contribution < -0.4 is 10.0 Å². The van der Waals surface area contributed by atoms with Crippen molar-refractivity contribution in [1.82, 2.24) is 5.32 Å². The summed E-state index contributed by atoms with van der Waals surface area (Å²) >= 11 is 0. The zero-order chi connectivity index (χ0) is 14.4. The molecule has 19 heavy (non-hydrogen) atoms. The van der Waals surface area contributed by atoms with Gasteiger partial charge in [0.1, 0.15) is 11.6 Å². The number of carbonyl (C=O) groups excluding carboxylic acids is 1. The maximum absolute atomic E-state index is 11.7. The Balaban J connectivity index is 2.71. The Hall–Kier alpha value is -2.64. The van der Waals surface area contributed by atoms with Crippen LogP contribution in [0.3, 0.4) is 0 Å². The first-order chi connectivity index (χ1) is 8.90. The van der Waals surface area contributed by atoms with Gasteiger partial charge in [-0.15, -0.1) is 0 Å². The number of aromatic nitrogens is 1. The van der Waals surface area contributed by atoms with Crippen molar-refractivity contribution >= 4 is 17.8 Å². The second-order valence-corrected chi connectivity index (χ2v) is 3.75. The monoisotopic (exact) mass is 268 g/mol. The minimum absolute atomic E-state index is 0.000856. The minimum atomic E-state index is -1.33. The van der Waals surface area contributed by atoms with Crippen LogP contribution in [0.15, 0.2) is 24.5 Å². The number of hydrogen-bond donors (Lipinski definition) is 3. The molecule has 8 nitrogen and oxygen atoms in total. The topological polar surface area (TPSA) is 131 Å². The summed E-state index contributed by atoms with van der Waals surface area (Å²) in [7, 11) is 0. The number of rotatable bonds is 6. The summed E-state index contributed by atoms with van der Waals surface area (Å²) in [5.41, 5.74) is -0.000856. The summed E-state index contributed by atoms with van der Waals surface area (Å²) < 4.78 is 0.405. The number of aliphatic carboxylic acids is 2. The van der Waals surface area contributed by atoms with Gasteiger partial charge in [-0.25, -0.2) is 4.79 Å². The molecule has 0 aliphatic carbocycles. The first-order valence-electron chi connectivity index (χ1n) is 5.34. The molecule has 1 atom stereocenters. The summed E-state index contributed by atoms with van der Waals surface area (Å²) in [5, 5.41) is 30.5. The molecular weight excluding hydrogens is 256 g/mol. The van der Waals surface area contributed by atoms with E-state index in [2.05, 4.69) is 5.32 Å². The molecule has 0 saturated carbocycles. The Morgan fingerprint density at radius 2 is 2.05 bits per heavy atom. The summed E-state index contributed by atoms with van der Waals surface area (Å²) in [5.74, 6) is -3.24. The zero-order valence-electron chi connectivity index (χ0n) is 9.78. The zero-order valence-corrected chi connectivity index (χ0v) is 9.78. The quantitative estimate of drug-likeness (QED) is 0.465. The van der Waals surface area contributed by atoms with Gasteiger partial charge >= 0.3 is 11.9 Å². The SMILES string of the molecule is O=C(O)CC[C@H](NC(=O)c1ccc[n+]([O-])c1)C(=O)O. The summed E-state index contributed by atoms with van der Waals surface area (Å²) in [6.45, 7) is 0. The smallest absolute Gasteiger partial charge is 0.326 e. The lowest BCUT2D eigenvalue weighted by Gasteiger charge is -2.13. The van der Waals surface area contributed by atoms with Gasteiger partial charge in [-0.3, -0.25) is 9.59 Å². The number of pyridine rings is 1. The van der Waals surface area contributed by atoms with Gasteiger partial charge in [0.05, 0.1) is 0 Å². The summed E-state index contributed by atoms with van der Waals surface area (Å²) in [6.07, 6.45) is 1.55. The molecule has 1 heterocycles. The fourth-order valence-corrected chi connectivity index (χ4v) is 1.36. The summed E-state index contributed by atoms with van der Waals surface area (Å²) in [4.78, 5) is 32.9. The van der Waals surface area contributed by atoms with E-state index >= 15 is 0 Å². The summed E-state index contributed by atoms with van der Waals surface area (Å²) in [6, 6.07) is 1.37. The van der Waals surface area contributed by atoms with E-state index in [-0.39, 0.29) is 18.4 Å². The maximum atomic E-state index is 11.7. The lowest BCUT2D eigenvalue weighted by Crippen LogP contribution is -2.41. The number of amides is 1. The molecule has 1 amide bonds. The fourth-order valence-electron chi connectivity index (χ4n) is 1.36. The first kappa shape index (κ1) is 14.4. The molecule has 0 aromatic carbocycles. The van der Waals surface area contributed by atoms with E-state index in [1.54, 1.807) is 0 Å². The molecule has 0 saturated heterocycles. The van der Waals surface area contributed by atoms with Crippen LogP contribution in [0.1, 0.15) is 23.2 Å². The van der Waals surface area contributed by atoms with Crippen LogP contribution in [0.2, 0.25) is 0 Å². The predicted molar refractivity (Wildman–Crippen MR) is 61.2 cm³/mol. The maximum Gasteiger partial charge on any atom is 0.326 e. The van der Waals surface area contributed by atoms with Crippen molar-refractivity contribution in [2.45, 2.75) is 18.9 Å². The van der Waals surface area contributed by atoms with Crippen LogP contribution in [0.5, 0.6) is 0 Å². The first-order valence-corrected chi connectivity index (χ1v) is 5.34. The Labute approximate surface area is 107 Å². The molecular formula is C11H12N2O6. The van der Waals surface area contributed by atoms with E-state index in [1.165, 1.54) is 18.3 Å². The average molecular weight is 268 g/mol. The largest absolute Gasteiger partial charge is 0.619 e. The molecule has 0 fully saturated rings. The Kier molecular flexibility index (Phi) is 4.81. The highest BCUT2D eigenvalue weighted by atomic mass is 16.5. The number of carboxylic acids is 2. The molecule has 1 rings (SSSR count). The molecule has 0 unspecified atom stereocenters. The van der Waals surface area contributed by atoms with E-state index in [1.807, 2.05) is 0 Å². The van der Waals surface area contributed by atoms with Gasteiger partial charge in [0.25, 0.3) is 5.91 Å². The van der Waals surface area contributed by atoms with Crippen LogP contribution in [0.25, 0.3) is 0 Å². The molecule has 0 aliphatic heterocycles. The second-order valence-electron chi connectivity index (χ2n) is 3.75. The molecule has 1 aromatic rings. The van der Waals surface area contributed by atoms with Crippen molar-refractivity contribution in [3.8, 4) is 0 Å². The van der Waals surface area contributed by atoms with Crippen LogP contribution in [-0.4, -0.2) is 34.1 Å². The lowest BCUT2D eigenvalue weighted by molar-refractivity contribution is -0.605. The van der Waals surface area contributed by atoms with Gasteiger partial charge in [0.2, 0.25) is 0 Å². The normalized spacial score (nSPS) is 11.6. The fraction of sp³-hybridized carbons (Fsp3) is 0.273.